The van der Waals surface area contributed by atoms with Crippen molar-refractivity contribution in [2.75, 3.05) is 5.73 Å². The molecular weight excluding hydrogens is 215 g/mol. The number of nitrogen functional groups attached to an aromatic ring is 1. The van der Waals surface area contributed by atoms with Gasteiger partial charge in [-0.2, -0.15) is 0 Å². The number of hydrogen-bond acceptors (Lipinski definition) is 4. The van der Waals surface area contributed by atoms with E-state index in [1.54, 1.807) is 6.07 Å². The number of aromatic nitrogens is 1. The molecule has 2 rings (SSSR count). The first-order valence-corrected chi connectivity index (χ1v) is 5.05. The number of halogens is 1. The van der Waals surface area contributed by atoms with Gasteiger partial charge in [-0.3, -0.25) is 4.79 Å². The average molecular weight is 222 g/mol. The molecule has 1 heterocycles. The van der Waals surface area contributed by atoms with Gasteiger partial charge in [0.1, 0.15) is 16.5 Å². The van der Waals surface area contributed by atoms with Crippen LogP contribution >= 0.6 is 11.3 Å². The molecule has 0 radical (unpaired) electrons. The third-order valence-electron chi connectivity index (χ3n) is 1.89. The highest BCUT2D eigenvalue weighted by Crippen LogP contribution is 2.20. The number of carbonyl (C=O) groups excluding carboxylic acids is 1. The topological polar surface area (TPSA) is 56.0 Å². The van der Waals surface area contributed by atoms with E-state index in [0.29, 0.717) is 4.88 Å². The van der Waals surface area contributed by atoms with Crippen molar-refractivity contribution in [3.05, 3.63) is 46.0 Å². The number of nitrogens with two attached hydrogens (primary N) is 1. The molecule has 76 valence electrons. The van der Waals surface area contributed by atoms with Crippen LogP contribution in [0.25, 0.3) is 0 Å². The molecular formula is C10H7FN2OS. The Bertz CT molecular complexity index is 510. The number of benzene rings is 1. The molecule has 0 aliphatic heterocycles. The van der Waals surface area contributed by atoms with Crippen molar-refractivity contribution in [3.63, 3.8) is 0 Å². The van der Waals surface area contributed by atoms with Crippen LogP contribution < -0.4 is 5.73 Å². The van der Waals surface area contributed by atoms with Crippen LogP contribution in [0.15, 0.2) is 29.8 Å². The molecule has 2 aromatic rings. The van der Waals surface area contributed by atoms with Gasteiger partial charge in [-0.05, 0) is 12.1 Å². The molecule has 0 atom stereocenters. The van der Waals surface area contributed by atoms with E-state index in [2.05, 4.69) is 4.98 Å². The SMILES string of the molecule is Nc1ncsc1C(=O)c1cccc(F)c1. The minimum Gasteiger partial charge on any atom is -0.382 e. The summed E-state index contributed by atoms with van der Waals surface area (Å²) < 4.78 is 12.9. The number of thiazole rings is 1. The molecule has 0 bridgehead atoms. The van der Waals surface area contributed by atoms with Gasteiger partial charge in [-0.1, -0.05) is 12.1 Å². The van der Waals surface area contributed by atoms with Crippen molar-refractivity contribution in [2.45, 2.75) is 0 Å². The maximum Gasteiger partial charge on any atom is 0.206 e. The van der Waals surface area contributed by atoms with Crippen molar-refractivity contribution in [1.29, 1.82) is 0 Å². The summed E-state index contributed by atoms with van der Waals surface area (Å²) in [5.41, 5.74) is 7.27. The normalized spacial score (nSPS) is 10.2. The summed E-state index contributed by atoms with van der Waals surface area (Å²) >= 11 is 1.15. The van der Waals surface area contributed by atoms with Crippen LogP contribution in [-0.4, -0.2) is 10.8 Å². The van der Waals surface area contributed by atoms with Gasteiger partial charge < -0.3 is 5.73 Å². The molecule has 2 N–H and O–H groups in total. The lowest BCUT2D eigenvalue weighted by atomic mass is 10.1. The minimum atomic E-state index is -0.441. The van der Waals surface area contributed by atoms with Crippen LogP contribution in [-0.2, 0) is 0 Å². The first-order valence-electron chi connectivity index (χ1n) is 4.17. The Balaban J connectivity index is 2.41. The molecule has 0 aliphatic carbocycles. The average Bonchev–Trinajstić information content (AvgIpc) is 2.63. The van der Waals surface area contributed by atoms with Crippen LogP contribution in [0.2, 0.25) is 0 Å². The van der Waals surface area contributed by atoms with Crippen molar-refractivity contribution in [1.82, 2.24) is 4.98 Å². The van der Waals surface area contributed by atoms with Gasteiger partial charge in [0.15, 0.2) is 0 Å². The van der Waals surface area contributed by atoms with E-state index in [9.17, 15) is 9.18 Å². The van der Waals surface area contributed by atoms with Gasteiger partial charge in [-0.15, -0.1) is 11.3 Å². The Morgan fingerprint density at radius 2 is 2.27 bits per heavy atom. The number of rotatable bonds is 2. The third kappa shape index (κ3) is 1.87. The first kappa shape index (κ1) is 9.79. The molecule has 0 amide bonds. The maximum absolute atomic E-state index is 12.9. The zero-order valence-corrected chi connectivity index (χ0v) is 8.42. The summed E-state index contributed by atoms with van der Waals surface area (Å²) in [6.45, 7) is 0. The largest absolute Gasteiger partial charge is 0.382 e. The summed E-state index contributed by atoms with van der Waals surface area (Å²) in [6, 6.07) is 5.50. The minimum absolute atomic E-state index is 0.189. The van der Waals surface area contributed by atoms with Crippen LogP contribution in [0.1, 0.15) is 15.2 Å². The van der Waals surface area contributed by atoms with Crippen molar-refractivity contribution in [2.24, 2.45) is 0 Å². The molecule has 3 nitrogen and oxygen atoms in total. The molecule has 5 heteroatoms. The summed E-state index contributed by atoms with van der Waals surface area (Å²) in [7, 11) is 0. The van der Waals surface area contributed by atoms with Crippen molar-refractivity contribution >= 4 is 22.9 Å². The highest BCUT2D eigenvalue weighted by Gasteiger charge is 2.14. The zero-order chi connectivity index (χ0) is 10.8. The van der Waals surface area contributed by atoms with E-state index in [0.717, 1.165) is 11.3 Å². The standard InChI is InChI=1S/C10H7FN2OS/c11-7-3-1-2-6(4-7)8(14)9-10(12)13-5-15-9/h1-5H,12H2. The molecule has 0 aliphatic rings. The van der Waals surface area contributed by atoms with Crippen LogP contribution in [0, 0.1) is 5.82 Å². The monoisotopic (exact) mass is 222 g/mol. The van der Waals surface area contributed by atoms with Gasteiger partial charge >= 0.3 is 0 Å². The fourth-order valence-electron chi connectivity index (χ4n) is 1.19. The Kier molecular flexibility index (Phi) is 2.47. The number of hydrogen-bond donors (Lipinski definition) is 1. The fraction of sp³-hybridized carbons (Fsp3) is 0. The van der Waals surface area contributed by atoms with Gasteiger partial charge in [0, 0.05) is 5.56 Å². The predicted molar refractivity (Wildman–Crippen MR) is 56.4 cm³/mol. The quantitative estimate of drug-likeness (QED) is 0.791. The Morgan fingerprint density at radius 1 is 1.47 bits per heavy atom. The van der Waals surface area contributed by atoms with Gasteiger partial charge in [0.05, 0.1) is 5.51 Å². The number of ketones is 1. The highest BCUT2D eigenvalue weighted by atomic mass is 32.1. The molecule has 0 saturated carbocycles. The lowest BCUT2D eigenvalue weighted by Gasteiger charge is -1.98. The molecule has 0 saturated heterocycles. The number of carbonyl (C=O) groups is 1. The molecule has 15 heavy (non-hydrogen) atoms. The van der Waals surface area contributed by atoms with Crippen LogP contribution in [0.3, 0.4) is 0 Å². The summed E-state index contributed by atoms with van der Waals surface area (Å²) in [5.74, 6) is -0.548. The zero-order valence-electron chi connectivity index (χ0n) is 7.61. The molecule has 0 unspecified atom stereocenters. The Morgan fingerprint density at radius 3 is 2.87 bits per heavy atom. The van der Waals surface area contributed by atoms with Gasteiger partial charge in [-0.25, -0.2) is 9.37 Å². The van der Waals surface area contributed by atoms with E-state index < -0.39 is 5.82 Å². The van der Waals surface area contributed by atoms with E-state index in [1.807, 2.05) is 0 Å². The fourth-order valence-corrected chi connectivity index (χ4v) is 1.86. The van der Waals surface area contributed by atoms with Crippen LogP contribution in [0.4, 0.5) is 10.2 Å². The molecule has 0 fully saturated rings. The van der Waals surface area contributed by atoms with E-state index >= 15 is 0 Å². The second-order valence-corrected chi connectivity index (χ2v) is 3.76. The second-order valence-electron chi connectivity index (χ2n) is 2.91. The number of nitrogens with zero attached hydrogens (tertiary/aromatic N) is 1. The third-order valence-corrected chi connectivity index (χ3v) is 2.73. The molecule has 0 spiro atoms. The first-order chi connectivity index (χ1) is 7.18. The predicted octanol–water partition coefficient (Wildman–Crippen LogP) is 2.10. The molecule has 1 aromatic carbocycles. The lowest BCUT2D eigenvalue weighted by molar-refractivity contribution is 0.104. The van der Waals surface area contributed by atoms with E-state index in [4.69, 9.17) is 5.73 Å². The van der Waals surface area contributed by atoms with E-state index in [-0.39, 0.29) is 17.2 Å². The Hall–Kier alpha value is -1.75. The highest BCUT2D eigenvalue weighted by molar-refractivity contribution is 7.12. The summed E-state index contributed by atoms with van der Waals surface area (Å²) in [5, 5.41) is 0. The van der Waals surface area contributed by atoms with Crippen LogP contribution in [0.5, 0.6) is 0 Å². The van der Waals surface area contributed by atoms with Gasteiger partial charge in [0.2, 0.25) is 5.78 Å². The molecule has 1 aromatic heterocycles. The lowest BCUT2D eigenvalue weighted by Crippen LogP contribution is -2.02. The van der Waals surface area contributed by atoms with Gasteiger partial charge in [0.25, 0.3) is 0 Å². The summed E-state index contributed by atoms with van der Waals surface area (Å²) in [4.78, 5) is 15.9. The second kappa shape index (κ2) is 3.78. The van der Waals surface area contributed by atoms with Crippen molar-refractivity contribution in [3.8, 4) is 0 Å². The summed E-state index contributed by atoms with van der Waals surface area (Å²) in [6.07, 6.45) is 0. The van der Waals surface area contributed by atoms with Crippen molar-refractivity contribution < 1.29 is 9.18 Å². The maximum atomic E-state index is 12.9. The van der Waals surface area contributed by atoms with E-state index in [1.165, 1.54) is 23.7 Å². The Labute approximate surface area is 89.4 Å². The smallest absolute Gasteiger partial charge is 0.206 e. The number of anilines is 1.